The summed E-state index contributed by atoms with van der Waals surface area (Å²) in [6.45, 7) is 7.99. The molecule has 2 rings (SSSR count). The zero-order valence-electron chi connectivity index (χ0n) is 10.7. The van der Waals surface area contributed by atoms with Crippen LogP contribution in [0.4, 0.5) is 5.82 Å². The van der Waals surface area contributed by atoms with Crippen LogP contribution in [0.2, 0.25) is 0 Å². The van der Waals surface area contributed by atoms with Gasteiger partial charge in [-0.15, -0.1) is 0 Å². The van der Waals surface area contributed by atoms with Crippen molar-refractivity contribution in [2.45, 2.75) is 39.6 Å². The van der Waals surface area contributed by atoms with E-state index in [1.165, 1.54) is 0 Å². The summed E-state index contributed by atoms with van der Waals surface area (Å²) in [6, 6.07) is 1.99. The van der Waals surface area contributed by atoms with Crippen molar-refractivity contribution in [2.75, 3.05) is 18.0 Å². The van der Waals surface area contributed by atoms with E-state index in [0.29, 0.717) is 0 Å². The average Bonchev–Trinajstić information content (AvgIpc) is 2.27. The van der Waals surface area contributed by atoms with E-state index in [2.05, 4.69) is 23.7 Å². The number of hydrogen-bond acceptors (Lipinski definition) is 4. The molecule has 2 heterocycles. The highest BCUT2D eigenvalue weighted by atomic mass is 16.5. The Balaban J connectivity index is 2.21. The highest BCUT2D eigenvalue weighted by Crippen LogP contribution is 2.22. The Bertz CT molecular complexity index is 385. The first kappa shape index (κ1) is 12.3. The smallest absolute Gasteiger partial charge is 0.131 e. The van der Waals surface area contributed by atoms with Crippen molar-refractivity contribution in [1.82, 2.24) is 4.98 Å². The third-order valence-electron chi connectivity index (χ3n) is 3.01. The van der Waals surface area contributed by atoms with Crippen LogP contribution in [0.3, 0.4) is 0 Å². The number of anilines is 1. The Morgan fingerprint density at radius 2 is 2.06 bits per heavy atom. The number of pyridine rings is 1. The molecular weight excluding hydrogens is 216 g/mol. The Morgan fingerprint density at radius 1 is 1.41 bits per heavy atom. The Labute approximate surface area is 102 Å². The maximum absolute atomic E-state index is 9.07. The molecule has 17 heavy (non-hydrogen) atoms. The Hall–Kier alpha value is -1.13. The Morgan fingerprint density at radius 3 is 2.59 bits per heavy atom. The van der Waals surface area contributed by atoms with E-state index >= 15 is 0 Å². The summed E-state index contributed by atoms with van der Waals surface area (Å²) in [4.78, 5) is 6.71. The lowest BCUT2D eigenvalue weighted by atomic mass is 10.1. The zero-order valence-corrected chi connectivity index (χ0v) is 10.7. The largest absolute Gasteiger partial charge is 0.392 e. The van der Waals surface area contributed by atoms with Crippen molar-refractivity contribution in [2.24, 2.45) is 0 Å². The fourth-order valence-corrected chi connectivity index (χ4v) is 2.39. The number of hydrogen-bond donors (Lipinski definition) is 1. The van der Waals surface area contributed by atoms with Crippen molar-refractivity contribution in [1.29, 1.82) is 0 Å². The quantitative estimate of drug-likeness (QED) is 0.845. The second kappa shape index (κ2) is 5.02. The molecule has 4 heteroatoms. The van der Waals surface area contributed by atoms with Crippen molar-refractivity contribution < 1.29 is 9.84 Å². The molecule has 0 bridgehead atoms. The normalized spacial score (nSPS) is 25.1. The van der Waals surface area contributed by atoms with Crippen LogP contribution in [0.5, 0.6) is 0 Å². The van der Waals surface area contributed by atoms with Gasteiger partial charge in [0, 0.05) is 19.3 Å². The van der Waals surface area contributed by atoms with Crippen LogP contribution in [-0.4, -0.2) is 35.4 Å². The summed E-state index contributed by atoms with van der Waals surface area (Å²) in [5, 5.41) is 9.07. The number of ether oxygens (including phenoxy) is 1. The minimum Gasteiger partial charge on any atom is -0.392 e. The molecule has 1 aliphatic heterocycles. The molecule has 1 fully saturated rings. The number of morpholine rings is 1. The number of aliphatic hydroxyl groups excluding tert-OH is 1. The van der Waals surface area contributed by atoms with E-state index in [1.807, 2.05) is 13.0 Å². The van der Waals surface area contributed by atoms with Gasteiger partial charge in [-0.2, -0.15) is 0 Å². The second-order valence-electron chi connectivity index (χ2n) is 4.80. The van der Waals surface area contributed by atoms with Gasteiger partial charge >= 0.3 is 0 Å². The van der Waals surface area contributed by atoms with Crippen LogP contribution in [-0.2, 0) is 11.3 Å². The summed E-state index contributed by atoms with van der Waals surface area (Å²) in [6.07, 6.45) is 2.21. The number of rotatable bonds is 2. The van der Waals surface area contributed by atoms with Gasteiger partial charge in [0.1, 0.15) is 5.82 Å². The van der Waals surface area contributed by atoms with E-state index in [-0.39, 0.29) is 18.8 Å². The Kier molecular flexibility index (Phi) is 3.64. The van der Waals surface area contributed by atoms with Crippen molar-refractivity contribution in [3.8, 4) is 0 Å². The topological polar surface area (TPSA) is 45.6 Å². The summed E-state index contributed by atoms with van der Waals surface area (Å²) in [5.41, 5.74) is 1.97. The first-order valence-corrected chi connectivity index (χ1v) is 6.07. The minimum atomic E-state index is 0.0457. The molecule has 1 N–H and O–H groups in total. The molecule has 0 aliphatic carbocycles. The first-order chi connectivity index (χ1) is 8.10. The molecule has 1 aliphatic rings. The fourth-order valence-electron chi connectivity index (χ4n) is 2.39. The highest BCUT2D eigenvalue weighted by molar-refractivity contribution is 5.47. The van der Waals surface area contributed by atoms with E-state index in [9.17, 15) is 0 Å². The molecule has 94 valence electrons. The monoisotopic (exact) mass is 236 g/mol. The summed E-state index contributed by atoms with van der Waals surface area (Å²) in [5.74, 6) is 1.00. The summed E-state index contributed by atoms with van der Waals surface area (Å²) >= 11 is 0. The van der Waals surface area contributed by atoms with E-state index in [4.69, 9.17) is 9.84 Å². The van der Waals surface area contributed by atoms with Gasteiger partial charge in [-0.05, 0) is 38.0 Å². The summed E-state index contributed by atoms with van der Waals surface area (Å²) in [7, 11) is 0. The van der Waals surface area contributed by atoms with Crippen LogP contribution in [0.15, 0.2) is 12.3 Å². The lowest BCUT2D eigenvalue weighted by molar-refractivity contribution is -0.00549. The molecular formula is C13H20N2O2. The molecule has 1 aromatic rings. The lowest BCUT2D eigenvalue weighted by Crippen LogP contribution is -2.46. The average molecular weight is 236 g/mol. The molecule has 0 spiro atoms. The molecule has 1 saturated heterocycles. The second-order valence-corrected chi connectivity index (χ2v) is 4.80. The van der Waals surface area contributed by atoms with Gasteiger partial charge in [0.25, 0.3) is 0 Å². The predicted octanol–water partition coefficient (Wildman–Crippen LogP) is 1.50. The SMILES string of the molecule is Cc1cc(CO)cnc1N1CC(C)OC(C)C1. The van der Waals surface area contributed by atoms with E-state index in [0.717, 1.165) is 30.0 Å². The first-order valence-electron chi connectivity index (χ1n) is 6.07. The number of aromatic nitrogens is 1. The number of nitrogens with zero attached hydrogens (tertiary/aromatic N) is 2. The predicted molar refractivity (Wildman–Crippen MR) is 67.1 cm³/mol. The van der Waals surface area contributed by atoms with Crippen molar-refractivity contribution >= 4 is 5.82 Å². The van der Waals surface area contributed by atoms with Gasteiger partial charge in [-0.25, -0.2) is 4.98 Å². The minimum absolute atomic E-state index is 0.0457. The van der Waals surface area contributed by atoms with Crippen LogP contribution in [0.1, 0.15) is 25.0 Å². The molecule has 2 unspecified atom stereocenters. The van der Waals surface area contributed by atoms with Gasteiger partial charge in [-0.1, -0.05) is 0 Å². The van der Waals surface area contributed by atoms with Crippen molar-refractivity contribution in [3.05, 3.63) is 23.4 Å². The fraction of sp³-hybridized carbons (Fsp3) is 0.615. The molecule has 0 amide bonds. The standard InChI is InChI=1S/C13H20N2O2/c1-9-4-12(8-16)5-14-13(9)15-6-10(2)17-11(3)7-15/h4-5,10-11,16H,6-8H2,1-3H3. The maximum Gasteiger partial charge on any atom is 0.131 e. The van der Waals surface area contributed by atoms with Gasteiger partial charge in [0.2, 0.25) is 0 Å². The zero-order chi connectivity index (χ0) is 12.4. The number of aliphatic hydroxyl groups is 1. The third-order valence-corrected chi connectivity index (χ3v) is 3.01. The lowest BCUT2D eigenvalue weighted by Gasteiger charge is -2.36. The molecule has 4 nitrogen and oxygen atoms in total. The van der Waals surface area contributed by atoms with E-state index in [1.54, 1.807) is 6.20 Å². The number of aryl methyl sites for hydroxylation is 1. The molecule has 0 radical (unpaired) electrons. The molecule has 0 aromatic carbocycles. The van der Waals surface area contributed by atoms with Gasteiger partial charge in [0.05, 0.1) is 18.8 Å². The molecule has 1 aromatic heterocycles. The van der Waals surface area contributed by atoms with Gasteiger partial charge in [-0.3, -0.25) is 0 Å². The van der Waals surface area contributed by atoms with E-state index < -0.39 is 0 Å². The third kappa shape index (κ3) is 2.76. The van der Waals surface area contributed by atoms with Crippen LogP contribution in [0, 0.1) is 6.92 Å². The van der Waals surface area contributed by atoms with Gasteiger partial charge < -0.3 is 14.7 Å². The molecule has 2 atom stereocenters. The van der Waals surface area contributed by atoms with Crippen LogP contribution < -0.4 is 4.90 Å². The van der Waals surface area contributed by atoms with Crippen LogP contribution >= 0.6 is 0 Å². The van der Waals surface area contributed by atoms with Gasteiger partial charge in [0.15, 0.2) is 0 Å². The van der Waals surface area contributed by atoms with Crippen LogP contribution in [0.25, 0.3) is 0 Å². The van der Waals surface area contributed by atoms with Crippen molar-refractivity contribution in [3.63, 3.8) is 0 Å². The molecule has 0 saturated carbocycles. The maximum atomic E-state index is 9.07. The summed E-state index contributed by atoms with van der Waals surface area (Å²) < 4.78 is 5.71. The highest BCUT2D eigenvalue weighted by Gasteiger charge is 2.24.